The van der Waals surface area contributed by atoms with Crippen LogP contribution in [0.25, 0.3) is 0 Å². The largest absolute Gasteiger partial charge is 0.447 e. The van der Waals surface area contributed by atoms with Gasteiger partial charge in [0, 0.05) is 13.1 Å². The van der Waals surface area contributed by atoms with E-state index in [4.69, 9.17) is 16.3 Å². The van der Waals surface area contributed by atoms with Crippen LogP contribution < -0.4 is 4.74 Å². The second kappa shape index (κ2) is 6.82. The number of piperidine rings is 1. The second-order valence-corrected chi connectivity index (χ2v) is 7.11. The smallest absolute Gasteiger partial charge is 0.317 e. The first kappa shape index (κ1) is 17.0. The van der Waals surface area contributed by atoms with E-state index in [1.807, 2.05) is 4.90 Å². The first-order valence-electron chi connectivity index (χ1n) is 7.75. The van der Waals surface area contributed by atoms with E-state index in [2.05, 4.69) is 23.8 Å². The lowest BCUT2D eigenvalue weighted by Gasteiger charge is -2.37. The lowest BCUT2D eigenvalue weighted by molar-refractivity contribution is -0.147. The van der Waals surface area contributed by atoms with Crippen molar-refractivity contribution < 1.29 is 9.53 Å². The summed E-state index contributed by atoms with van der Waals surface area (Å²) in [4.78, 5) is 22.6. The molecule has 0 unspecified atom stereocenters. The summed E-state index contributed by atoms with van der Waals surface area (Å²) in [7, 11) is 0. The molecule has 1 amide bonds. The number of nitrogens with zero attached hydrogens (tertiary/aromatic N) is 3. The second-order valence-electron chi connectivity index (χ2n) is 6.67. The molecule has 2 rings (SSSR count). The van der Waals surface area contributed by atoms with E-state index in [9.17, 15) is 4.79 Å². The Balaban J connectivity index is 1.97. The Morgan fingerprint density at radius 2 is 1.86 bits per heavy atom. The molecule has 0 aromatic carbocycles. The summed E-state index contributed by atoms with van der Waals surface area (Å²) in [5.41, 5.74) is -0.988. The minimum absolute atomic E-state index is 0.0201. The van der Waals surface area contributed by atoms with Crippen LogP contribution in [0.3, 0.4) is 0 Å². The molecule has 2 heterocycles. The van der Waals surface area contributed by atoms with E-state index in [1.54, 1.807) is 13.8 Å². The SMILES string of the molecule is CC(C)C1CCN(C(=O)C(C)(C)Oc2ncc(Cl)cn2)CC1. The van der Waals surface area contributed by atoms with Gasteiger partial charge >= 0.3 is 6.01 Å². The van der Waals surface area contributed by atoms with Crippen LogP contribution in [0.2, 0.25) is 5.02 Å². The highest BCUT2D eigenvalue weighted by atomic mass is 35.5. The van der Waals surface area contributed by atoms with Crippen LogP contribution in [-0.4, -0.2) is 39.5 Å². The number of ether oxygens (including phenoxy) is 1. The van der Waals surface area contributed by atoms with Crippen LogP contribution in [0.5, 0.6) is 6.01 Å². The fraction of sp³-hybridized carbons (Fsp3) is 0.688. The Morgan fingerprint density at radius 3 is 2.36 bits per heavy atom. The molecule has 1 aliphatic heterocycles. The molecule has 22 heavy (non-hydrogen) atoms. The average molecular weight is 326 g/mol. The number of carbonyl (C=O) groups is 1. The molecule has 0 N–H and O–H groups in total. The number of hydrogen-bond acceptors (Lipinski definition) is 4. The summed E-state index contributed by atoms with van der Waals surface area (Å²) >= 11 is 5.75. The summed E-state index contributed by atoms with van der Waals surface area (Å²) in [5.74, 6) is 1.35. The normalized spacial score (nSPS) is 16.9. The van der Waals surface area contributed by atoms with Gasteiger partial charge in [-0.25, -0.2) is 9.97 Å². The van der Waals surface area contributed by atoms with Crippen molar-refractivity contribution in [2.75, 3.05) is 13.1 Å². The molecule has 122 valence electrons. The van der Waals surface area contributed by atoms with Crippen molar-refractivity contribution in [3.63, 3.8) is 0 Å². The van der Waals surface area contributed by atoms with Crippen LogP contribution in [0.15, 0.2) is 12.4 Å². The predicted octanol–water partition coefficient (Wildman–Crippen LogP) is 3.18. The molecule has 1 saturated heterocycles. The average Bonchev–Trinajstić information content (AvgIpc) is 2.48. The Labute approximate surface area is 137 Å². The number of hydrogen-bond donors (Lipinski definition) is 0. The number of rotatable bonds is 4. The molecular formula is C16H24ClN3O2. The molecule has 6 heteroatoms. The Morgan fingerprint density at radius 1 is 1.32 bits per heavy atom. The van der Waals surface area contributed by atoms with Crippen LogP contribution in [0.1, 0.15) is 40.5 Å². The van der Waals surface area contributed by atoms with Gasteiger partial charge in [-0.3, -0.25) is 4.79 Å². The van der Waals surface area contributed by atoms with Crippen molar-refractivity contribution in [2.24, 2.45) is 11.8 Å². The van der Waals surface area contributed by atoms with Crippen LogP contribution >= 0.6 is 11.6 Å². The van der Waals surface area contributed by atoms with E-state index < -0.39 is 5.60 Å². The van der Waals surface area contributed by atoms with E-state index >= 15 is 0 Å². The number of likely N-dealkylation sites (tertiary alicyclic amines) is 1. The highest BCUT2D eigenvalue weighted by Crippen LogP contribution is 2.26. The van der Waals surface area contributed by atoms with Crippen LogP contribution in [0, 0.1) is 11.8 Å². The topological polar surface area (TPSA) is 55.3 Å². The van der Waals surface area contributed by atoms with Crippen molar-refractivity contribution in [2.45, 2.75) is 46.1 Å². The van der Waals surface area contributed by atoms with Crippen LogP contribution in [-0.2, 0) is 4.79 Å². The zero-order chi connectivity index (χ0) is 16.3. The molecular weight excluding hydrogens is 302 g/mol. The first-order chi connectivity index (χ1) is 10.3. The van der Waals surface area contributed by atoms with E-state index in [1.165, 1.54) is 12.4 Å². The molecule has 0 atom stereocenters. The van der Waals surface area contributed by atoms with Gasteiger partial charge in [-0.15, -0.1) is 0 Å². The zero-order valence-electron chi connectivity index (χ0n) is 13.7. The van der Waals surface area contributed by atoms with Gasteiger partial charge in [0.15, 0.2) is 5.60 Å². The maximum Gasteiger partial charge on any atom is 0.317 e. The molecule has 5 nitrogen and oxygen atoms in total. The van der Waals surface area contributed by atoms with E-state index in [0.29, 0.717) is 16.9 Å². The fourth-order valence-electron chi connectivity index (χ4n) is 2.78. The standard InChI is InChI=1S/C16H24ClN3O2/c1-11(2)12-5-7-20(8-6-12)14(21)16(3,4)22-15-18-9-13(17)10-19-15/h9-12H,5-8H2,1-4H3. The molecule has 1 aromatic rings. The summed E-state index contributed by atoms with van der Waals surface area (Å²) in [5, 5.41) is 0.437. The van der Waals surface area contributed by atoms with Gasteiger partial charge in [-0.05, 0) is 38.5 Å². The molecule has 0 radical (unpaired) electrons. The fourth-order valence-corrected chi connectivity index (χ4v) is 2.87. The van der Waals surface area contributed by atoms with Crippen molar-refractivity contribution in [3.05, 3.63) is 17.4 Å². The van der Waals surface area contributed by atoms with Gasteiger partial charge in [0.05, 0.1) is 17.4 Å². The summed E-state index contributed by atoms with van der Waals surface area (Å²) in [6, 6.07) is 0.166. The van der Waals surface area contributed by atoms with Gasteiger partial charge in [0.25, 0.3) is 5.91 Å². The molecule has 0 saturated carbocycles. The lowest BCUT2D eigenvalue weighted by atomic mass is 9.86. The van der Waals surface area contributed by atoms with Gasteiger partial charge in [-0.1, -0.05) is 25.4 Å². The molecule has 1 aromatic heterocycles. The minimum Gasteiger partial charge on any atom is -0.447 e. The summed E-state index contributed by atoms with van der Waals surface area (Å²) in [6.07, 6.45) is 5.02. The Hall–Kier alpha value is -1.36. The third-order valence-corrected chi connectivity index (χ3v) is 4.42. The summed E-state index contributed by atoms with van der Waals surface area (Å²) in [6.45, 7) is 9.57. The number of aromatic nitrogens is 2. The van der Waals surface area contributed by atoms with Gasteiger partial charge in [-0.2, -0.15) is 0 Å². The first-order valence-corrected chi connectivity index (χ1v) is 8.13. The summed E-state index contributed by atoms with van der Waals surface area (Å²) < 4.78 is 5.67. The molecule has 0 bridgehead atoms. The molecule has 1 aliphatic rings. The maximum absolute atomic E-state index is 12.7. The van der Waals surface area contributed by atoms with Crippen LogP contribution in [0.4, 0.5) is 0 Å². The number of halogens is 1. The molecule has 0 aliphatic carbocycles. The van der Waals surface area contributed by atoms with Gasteiger partial charge in [0.2, 0.25) is 0 Å². The third kappa shape index (κ3) is 4.09. The zero-order valence-corrected chi connectivity index (χ0v) is 14.4. The number of amides is 1. The Kier molecular flexibility index (Phi) is 5.27. The predicted molar refractivity (Wildman–Crippen MR) is 85.9 cm³/mol. The number of carbonyl (C=O) groups excluding carboxylic acids is 1. The lowest BCUT2D eigenvalue weighted by Crippen LogP contribution is -2.51. The molecule has 0 spiro atoms. The van der Waals surface area contributed by atoms with Crippen molar-refractivity contribution in [1.82, 2.24) is 14.9 Å². The quantitative estimate of drug-likeness (QED) is 0.853. The Bertz CT molecular complexity index is 509. The third-order valence-electron chi connectivity index (χ3n) is 4.23. The van der Waals surface area contributed by atoms with Crippen molar-refractivity contribution in [3.8, 4) is 6.01 Å². The maximum atomic E-state index is 12.7. The van der Waals surface area contributed by atoms with Gasteiger partial charge in [0.1, 0.15) is 0 Å². The molecule has 1 fully saturated rings. The highest BCUT2D eigenvalue weighted by Gasteiger charge is 2.37. The minimum atomic E-state index is -0.988. The van der Waals surface area contributed by atoms with Crippen molar-refractivity contribution in [1.29, 1.82) is 0 Å². The van der Waals surface area contributed by atoms with Gasteiger partial charge < -0.3 is 9.64 Å². The monoisotopic (exact) mass is 325 g/mol. The van der Waals surface area contributed by atoms with E-state index in [0.717, 1.165) is 25.9 Å². The van der Waals surface area contributed by atoms with Crippen molar-refractivity contribution >= 4 is 17.5 Å². The highest BCUT2D eigenvalue weighted by molar-refractivity contribution is 6.30. The van der Waals surface area contributed by atoms with E-state index in [-0.39, 0.29) is 11.9 Å².